The second kappa shape index (κ2) is 7.28. The van der Waals surface area contributed by atoms with Crippen LogP contribution in [-0.4, -0.2) is 0 Å². The van der Waals surface area contributed by atoms with Crippen molar-refractivity contribution in [3.63, 3.8) is 0 Å². The van der Waals surface area contributed by atoms with Crippen molar-refractivity contribution in [2.24, 2.45) is 0 Å². The molecule has 0 spiro atoms. The van der Waals surface area contributed by atoms with Crippen LogP contribution in [0.2, 0.25) is 0 Å². The second-order valence-electron chi connectivity index (χ2n) is 7.92. The quantitative estimate of drug-likeness (QED) is 0.520. The number of hydrogen-bond acceptors (Lipinski definition) is 1. The van der Waals surface area contributed by atoms with Gasteiger partial charge in [0.1, 0.15) is 0 Å². The van der Waals surface area contributed by atoms with Crippen molar-refractivity contribution >= 4 is 16.8 Å². The van der Waals surface area contributed by atoms with Gasteiger partial charge >= 0.3 is 0 Å². The number of nitrogens with two attached hydrogens (primary N) is 1. The van der Waals surface area contributed by atoms with Crippen LogP contribution in [0, 0.1) is 0 Å². The van der Waals surface area contributed by atoms with Gasteiger partial charge in [-0.2, -0.15) is 0 Å². The Morgan fingerprint density at radius 1 is 0.704 bits per heavy atom. The Morgan fingerprint density at radius 3 is 1.41 bits per heavy atom. The summed E-state index contributed by atoms with van der Waals surface area (Å²) >= 11 is 0. The molecule has 0 aliphatic rings. The molecule has 0 bridgehead atoms. The van der Waals surface area contributed by atoms with Gasteiger partial charge in [-0.3, -0.25) is 0 Å². The fourth-order valence-corrected chi connectivity index (χ4v) is 3.18. The SMILES string of the molecule is C=C(c1ccccc1)c1cc(C(C)(C)C)cc(C(=C)c2ccccc2)c1N. The number of anilines is 1. The van der Waals surface area contributed by atoms with E-state index in [4.69, 9.17) is 5.73 Å². The van der Waals surface area contributed by atoms with Gasteiger partial charge in [-0.05, 0) is 45.4 Å². The van der Waals surface area contributed by atoms with Crippen molar-refractivity contribution in [2.75, 3.05) is 5.73 Å². The molecule has 0 aliphatic heterocycles. The van der Waals surface area contributed by atoms with E-state index in [2.05, 4.69) is 70.3 Å². The lowest BCUT2D eigenvalue weighted by Crippen LogP contribution is -2.13. The predicted octanol–water partition coefficient (Wildman–Crippen LogP) is 6.69. The summed E-state index contributed by atoms with van der Waals surface area (Å²) in [5.41, 5.74) is 14.5. The Balaban J connectivity index is 2.20. The van der Waals surface area contributed by atoms with Crippen LogP contribution in [0.25, 0.3) is 11.1 Å². The fourth-order valence-electron chi connectivity index (χ4n) is 3.18. The molecule has 0 saturated heterocycles. The van der Waals surface area contributed by atoms with Gasteiger partial charge in [0.25, 0.3) is 0 Å². The molecule has 0 heterocycles. The Hall–Kier alpha value is -3.06. The highest BCUT2D eigenvalue weighted by Crippen LogP contribution is 2.38. The lowest BCUT2D eigenvalue weighted by Gasteiger charge is -2.24. The zero-order valence-corrected chi connectivity index (χ0v) is 16.4. The normalized spacial score (nSPS) is 11.2. The third-order valence-corrected chi connectivity index (χ3v) is 4.94. The molecule has 0 fully saturated rings. The Kier molecular flexibility index (Phi) is 5.05. The van der Waals surface area contributed by atoms with E-state index in [1.165, 1.54) is 5.56 Å². The van der Waals surface area contributed by atoms with Gasteiger partial charge < -0.3 is 5.73 Å². The van der Waals surface area contributed by atoms with Crippen LogP contribution in [0.5, 0.6) is 0 Å². The van der Waals surface area contributed by atoms with Gasteiger partial charge in [0.2, 0.25) is 0 Å². The summed E-state index contributed by atoms with van der Waals surface area (Å²) in [5.74, 6) is 0. The number of rotatable bonds is 4. The molecule has 3 aromatic carbocycles. The van der Waals surface area contributed by atoms with E-state index in [0.29, 0.717) is 0 Å². The van der Waals surface area contributed by atoms with Crippen LogP contribution in [-0.2, 0) is 5.41 Å². The van der Waals surface area contributed by atoms with Gasteiger partial charge in [0, 0.05) is 16.8 Å². The third kappa shape index (κ3) is 3.88. The first kappa shape index (κ1) is 18.7. The van der Waals surface area contributed by atoms with Crippen LogP contribution < -0.4 is 5.73 Å². The highest BCUT2D eigenvalue weighted by atomic mass is 14.6. The maximum Gasteiger partial charge on any atom is 0.0473 e. The minimum atomic E-state index is -0.00879. The number of hydrogen-bond donors (Lipinski definition) is 1. The van der Waals surface area contributed by atoms with Crippen molar-refractivity contribution in [3.05, 3.63) is 114 Å². The van der Waals surface area contributed by atoms with Gasteiger partial charge in [0.15, 0.2) is 0 Å². The highest BCUT2D eigenvalue weighted by Gasteiger charge is 2.20. The van der Waals surface area contributed by atoms with E-state index in [1.807, 2.05) is 36.4 Å². The molecule has 0 aromatic heterocycles. The fraction of sp³-hybridized carbons (Fsp3) is 0.154. The van der Waals surface area contributed by atoms with Crippen LogP contribution in [0.3, 0.4) is 0 Å². The Morgan fingerprint density at radius 2 is 1.07 bits per heavy atom. The molecule has 0 atom stereocenters. The Labute approximate surface area is 162 Å². The zero-order valence-electron chi connectivity index (χ0n) is 16.4. The minimum Gasteiger partial charge on any atom is -0.398 e. The van der Waals surface area contributed by atoms with E-state index in [9.17, 15) is 0 Å². The molecule has 1 heteroatoms. The summed E-state index contributed by atoms with van der Waals surface area (Å²) in [5, 5.41) is 0. The van der Waals surface area contributed by atoms with Crippen molar-refractivity contribution in [1.82, 2.24) is 0 Å². The van der Waals surface area contributed by atoms with E-state index in [1.54, 1.807) is 0 Å². The average Bonchev–Trinajstić information content (AvgIpc) is 2.67. The third-order valence-electron chi connectivity index (χ3n) is 4.94. The zero-order chi connectivity index (χ0) is 19.6. The van der Waals surface area contributed by atoms with E-state index in [0.717, 1.165) is 39.1 Å². The van der Waals surface area contributed by atoms with Crippen LogP contribution in [0.15, 0.2) is 86.0 Å². The summed E-state index contributed by atoms with van der Waals surface area (Å²) in [4.78, 5) is 0. The highest BCUT2D eigenvalue weighted by molar-refractivity contribution is 5.93. The molecular weight excluding hydrogens is 326 g/mol. The molecule has 0 amide bonds. The molecule has 27 heavy (non-hydrogen) atoms. The maximum absolute atomic E-state index is 6.65. The monoisotopic (exact) mass is 353 g/mol. The lowest BCUT2D eigenvalue weighted by atomic mass is 9.81. The summed E-state index contributed by atoms with van der Waals surface area (Å²) in [7, 11) is 0. The van der Waals surface area contributed by atoms with Crippen molar-refractivity contribution < 1.29 is 0 Å². The number of nitrogen functional groups attached to an aromatic ring is 1. The first-order valence-corrected chi connectivity index (χ1v) is 9.22. The molecule has 3 rings (SSSR count). The van der Waals surface area contributed by atoms with Crippen molar-refractivity contribution in [3.8, 4) is 0 Å². The van der Waals surface area contributed by atoms with Crippen LogP contribution >= 0.6 is 0 Å². The van der Waals surface area contributed by atoms with Crippen LogP contribution in [0.1, 0.15) is 48.6 Å². The first-order valence-electron chi connectivity index (χ1n) is 9.22. The summed E-state index contributed by atoms with van der Waals surface area (Å²) in [6.45, 7) is 15.3. The molecule has 3 aromatic rings. The van der Waals surface area contributed by atoms with Crippen molar-refractivity contribution in [1.29, 1.82) is 0 Å². The van der Waals surface area contributed by atoms with E-state index < -0.39 is 0 Å². The van der Waals surface area contributed by atoms with Crippen molar-refractivity contribution in [2.45, 2.75) is 26.2 Å². The van der Waals surface area contributed by atoms with Gasteiger partial charge in [0.05, 0.1) is 0 Å². The molecule has 136 valence electrons. The molecular formula is C26H27N. The molecule has 0 aliphatic carbocycles. The van der Waals surface area contributed by atoms with Gasteiger partial charge in [-0.1, -0.05) is 94.6 Å². The molecule has 0 unspecified atom stereocenters. The van der Waals surface area contributed by atoms with Crippen LogP contribution in [0.4, 0.5) is 5.69 Å². The summed E-state index contributed by atoms with van der Waals surface area (Å²) < 4.78 is 0. The molecule has 2 N–H and O–H groups in total. The minimum absolute atomic E-state index is 0.00879. The first-order chi connectivity index (χ1) is 12.8. The van der Waals surface area contributed by atoms with E-state index >= 15 is 0 Å². The Bertz CT molecular complexity index is 901. The second-order valence-corrected chi connectivity index (χ2v) is 7.92. The smallest absolute Gasteiger partial charge is 0.0473 e. The summed E-state index contributed by atoms with van der Waals surface area (Å²) in [6.07, 6.45) is 0. The predicted molar refractivity (Wildman–Crippen MR) is 119 cm³/mol. The van der Waals surface area contributed by atoms with Gasteiger partial charge in [-0.25, -0.2) is 0 Å². The average molecular weight is 354 g/mol. The number of benzene rings is 3. The molecule has 0 saturated carbocycles. The lowest BCUT2D eigenvalue weighted by molar-refractivity contribution is 0.590. The van der Waals surface area contributed by atoms with E-state index in [-0.39, 0.29) is 5.41 Å². The maximum atomic E-state index is 6.65. The van der Waals surface area contributed by atoms with Gasteiger partial charge in [-0.15, -0.1) is 0 Å². The molecule has 0 radical (unpaired) electrons. The summed E-state index contributed by atoms with van der Waals surface area (Å²) in [6, 6.07) is 24.7. The largest absolute Gasteiger partial charge is 0.398 e. The standard InChI is InChI=1S/C26H27N/c1-18(20-12-8-6-9-13-20)23-16-22(26(3,4)5)17-24(25(23)27)19(2)21-14-10-7-11-15-21/h6-17H,1-2,27H2,3-5H3. The topological polar surface area (TPSA) is 26.0 Å². The molecule has 1 nitrogen and oxygen atoms in total.